The largest absolute Gasteiger partial charge is 0.399 e. The van der Waals surface area contributed by atoms with Crippen LogP contribution in [0.25, 0.3) is 0 Å². The van der Waals surface area contributed by atoms with Crippen LogP contribution in [0.4, 0.5) is 5.69 Å². The molecule has 1 aromatic rings. The van der Waals surface area contributed by atoms with Crippen LogP contribution in [0.3, 0.4) is 0 Å². The van der Waals surface area contributed by atoms with Crippen molar-refractivity contribution in [3.8, 4) is 0 Å². The van der Waals surface area contributed by atoms with Gasteiger partial charge in [-0.1, -0.05) is 18.5 Å². The molecular weight excluding hydrogens is 333 g/mol. The van der Waals surface area contributed by atoms with Gasteiger partial charge in [-0.15, -0.1) is 24.8 Å². The molecule has 120 valence electrons. The maximum atomic E-state index is 12.1. The number of nitrogens with one attached hydrogen (secondary N) is 1. The first-order valence-electron chi connectivity index (χ1n) is 6.69. The summed E-state index contributed by atoms with van der Waals surface area (Å²) in [5, 5.41) is 3.36. The number of carbonyl (C=O) groups excluding carboxylic acids is 1. The van der Waals surface area contributed by atoms with Gasteiger partial charge >= 0.3 is 0 Å². The zero-order chi connectivity index (χ0) is 13.8. The van der Waals surface area contributed by atoms with Crippen LogP contribution in [0.15, 0.2) is 18.2 Å². The van der Waals surface area contributed by atoms with Crippen LogP contribution in [0.1, 0.15) is 30.1 Å². The van der Waals surface area contributed by atoms with Gasteiger partial charge < -0.3 is 11.1 Å². The van der Waals surface area contributed by atoms with Crippen LogP contribution < -0.4 is 11.1 Å². The molecule has 1 aromatic carbocycles. The quantitative estimate of drug-likeness (QED) is 0.817. The fourth-order valence-electron chi connectivity index (χ4n) is 2.56. The van der Waals surface area contributed by atoms with Crippen LogP contribution in [-0.2, 0) is 0 Å². The average Bonchev–Trinajstić information content (AvgIpc) is 2.83. The normalized spacial score (nSPS) is 17.7. The van der Waals surface area contributed by atoms with E-state index in [4.69, 9.17) is 17.3 Å². The second kappa shape index (κ2) is 9.36. The van der Waals surface area contributed by atoms with Crippen molar-refractivity contribution in [3.63, 3.8) is 0 Å². The molecule has 1 fully saturated rings. The highest BCUT2D eigenvalue weighted by atomic mass is 35.5. The smallest absolute Gasteiger partial charge is 0.252 e. The van der Waals surface area contributed by atoms with Gasteiger partial charge in [0.25, 0.3) is 5.91 Å². The number of nitrogens with zero attached hydrogens (tertiary/aromatic N) is 1. The van der Waals surface area contributed by atoms with Gasteiger partial charge in [0.05, 0.1) is 10.6 Å². The van der Waals surface area contributed by atoms with Crippen molar-refractivity contribution in [1.29, 1.82) is 0 Å². The third kappa shape index (κ3) is 5.22. The van der Waals surface area contributed by atoms with Crippen LogP contribution in [0.2, 0.25) is 5.02 Å². The van der Waals surface area contributed by atoms with E-state index in [1.807, 2.05) is 0 Å². The molecule has 1 heterocycles. The molecule has 1 amide bonds. The van der Waals surface area contributed by atoms with Gasteiger partial charge in [0.15, 0.2) is 0 Å². The third-order valence-electron chi connectivity index (χ3n) is 3.64. The lowest BCUT2D eigenvalue weighted by Gasteiger charge is -2.23. The number of hydrogen-bond acceptors (Lipinski definition) is 3. The van der Waals surface area contributed by atoms with Gasteiger partial charge in [-0.25, -0.2) is 0 Å². The number of nitrogens with two attached hydrogens (primary N) is 1. The van der Waals surface area contributed by atoms with Crippen molar-refractivity contribution < 1.29 is 4.79 Å². The van der Waals surface area contributed by atoms with Gasteiger partial charge in [0.2, 0.25) is 0 Å². The molecule has 0 bridgehead atoms. The van der Waals surface area contributed by atoms with E-state index >= 15 is 0 Å². The fraction of sp³-hybridized carbons (Fsp3) is 0.500. The number of anilines is 1. The molecule has 7 heteroatoms. The van der Waals surface area contributed by atoms with Crippen molar-refractivity contribution >= 4 is 48.0 Å². The Hall–Kier alpha value is -0.680. The van der Waals surface area contributed by atoms with Gasteiger partial charge in [-0.05, 0) is 44.1 Å². The van der Waals surface area contributed by atoms with Gasteiger partial charge in [0.1, 0.15) is 0 Å². The molecule has 1 aliphatic heterocycles. The number of nitrogen functional groups attached to an aromatic ring is 1. The van der Waals surface area contributed by atoms with Crippen molar-refractivity contribution in [3.05, 3.63) is 28.8 Å². The summed E-state index contributed by atoms with van der Waals surface area (Å²) in [6, 6.07) is 5.40. The van der Waals surface area contributed by atoms with Crippen molar-refractivity contribution in [2.24, 2.45) is 0 Å². The number of rotatable bonds is 4. The number of likely N-dealkylation sites (tertiary alicyclic amines) is 1. The number of benzene rings is 1. The third-order valence-corrected chi connectivity index (χ3v) is 3.95. The summed E-state index contributed by atoms with van der Waals surface area (Å²) in [7, 11) is 0. The van der Waals surface area contributed by atoms with Crippen LogP contribution in [-0.4, -0.2) is 36.5 Å². The molecule has 2 rings (SSSR count). The first-order valence-corrected chi connectivity index (χ1v) is 7.07. The Bertz CT molecular complexity index is 471. The summed E-state index contributed by atoms with van der Waals surface area (Å²) in [5.41, 5.74) is 6.66. The van der Waals surface area contributed by atoms with E-state index in [-0.39, 0.29) is 30.7 Å². The molecule has 0 radical (unpaired) electrons. The Kier molecular flexibility index (Phi) is 9.06. The predicted molar refractivity (Wildman–Crippen MR) is 93.0 cm³/mol. The van der Waals surface area contributed by atoms with Crippen molar-refractivity contribution in [2.75, 3.05) is 25.4 Å². The molecule has 0 saturated carbocycles. The monoisotopic (exact) mass is 353 g/mol. The fourth-order valence-corrected chi connectivity index (χ4v) is 2.84. The van der Waals surface area contributed by atoms with E-state index in [9.17, 15) is 4.79 Å². The number of carbonyl (C=O) groups is 1. The Labute approximate surface area is 143 Å². The molecule has 0 aliphatic carbocycles. The second-order valence-corrected chi connectivity index (χ2v) is 5.28. The Balaban J connectivity index is 0.00000200. The standard InChI is InChI=1S/C14H20ClN3O.2ClH/c1-2-18-7-3-4-11(18)9-17-14(19)12-6-5-10(16)8-13(12)15;;/h5-6,8,11H,2-4,7,9,16H2,1H3,(H,17,19);2*1H. The van der Waals surface area contributed by atoms with Gasteiger partial charge in [0, 0.05) is 18.3 Å². The Morgan fingerprint density at radius 3 is 2.81 bits per heavy atom. The first kappa shape index (κ1) is 20.3. The summed E-state index contributed by atoms with van der Waals surface area (Å²) in [6.45, 7) is 4.98. The molecule has 0 spiro atoms. The van der Waals surface area contributed by atoms with Crippen LogP contribution in [0, 0.1) is 0 Å². The minimum absolute atomic E-state index is 0. The molecule has 21 heavy (non-hydrogen) atoms. The lowest BCUT2D eigenvalue weighted by molar-refractivity contribution is 0.0941. The van der Waals surface area contributed by atoms with E-state index in [0.717, 1.165) is 19.5 Å². The maximum Gasteiger partial charge on any atom is 0.252 e. The molecule has 1 unspecified atom stereocenters. The summed E-state index contributed by atoms with van der Waals surface area (Å²) in [5.74, 6) is -0.132. The SMILES string of the molecule is CCN1CCCC1CNC(=O)c1ccc(N)cc1Cl.Cl.Cl. The van der Waals surface area contributed by atoms with E-state index in [1.54, 1.807) is 18.2 Å². The minimum Gasteiger partial charge on any atom is -0.399 e. The number of halogens is 3. The highest BCUT2D eigenvalue weighted by Gasteiger charge is 2.23. The molecule has 1 aliphatic rings. The second-order valence-electron chi connectivity index (χ2n) is 4.87. The summed E-state index contributed by atoms with van der Waals surface area (Å²) >= 11 is 6.02. The van der Waals surface area contributed by atoms with E-state index in [1.165, 1.54) is 6.42 Å². The van der Waals surface area contributed by atoms with Crippen molar-refractivity contribution in [1.82, 2.24) is 10.2 Å². The number of amides is 1. The highest BCUT2D eigenvalue weighted by Crippen LogP contribution is 2.20. The predicted octanol–water partition coefficient (Wildman–Crippen LogP) is 2.98. The molecule has 3 N–H and O–H groups in total. The summed E-state index contributed by atoms with van der Waals surface area (Å²) < 4.78 is 0. The van der Waals surface area contributed by atoms with Crippen LogP contribution in [0.5, 0.6) is 0 Å². The molecular formula is C14H22Cl3N3O. The molecule has 1 atom stereocenters. The highest BCUT2D eigenvalue weighted by molar-refractivity contribution is 6.34. The summed E-state index contributed by atoms with van der Waals surface area (Å²) in [6.07, 6.45) is 2.35. The van der Waals surface area contributed by atoms with Crippen LogP contribution >= 0.6 is 36.4 Å². The average molecular weight is 355 g/mol. The number of likely N-dealkylation sites (N-methyl/N-ethyl adjacent to an activating group) is 1. The zero-order valence-electron chi connectivity index (χ0n) is 12.0. The Morgan fingerprint density at radius 2 is 2.19 bits per heavy atom. The van der Waals surface area contributed by atoms with Gasteiger partial charge in [-0.2, -0.15) is 0 Å². The van der Waals surface area contributed by atoms with Crippen molar-refractivity contribution in [2.45, 2.75) is 25.8 Å². The molecule has 1 saturated heterocycles. The summed E-state index contributed by atoms with van der Waals surface area (Å²) in [4.78, 5) is 14.5. The molecule has 4 nitrogen and oxygen atoms in total. The first-order chi connectivity index (χ1) is 9.11. The van der Waals surface area contributed by atoms with E-state index < -0.39 is 0 Å². The van der Waals surface area contributed by atoms with Gasteiger partial charge in [-0.3, -0.25) is 9.69 Å². The number of hydrogen-bond donors (Lipinski definition) is 2. The lowest BCUT2D eigenvalue weighted by atomic mass is 10.1. The Morgan fingerprint density at radius 1 is 1.48 bits per heavy atom. The minimum atomic E-state index is -0.132. The zero-order valence-corrected chi connectivity index (χ0v) is 14.4. The lowest BCUT2D eigenvalue weighted by Crippen LogP contribution is -2.40. The molecule has 0 aromatic heterocycles. The maximum absolute atomic E-state index is 12.1. The van der Waals surface area contributed by atoms with E-state index in [2.05, 4.69) is 17.1 Å². The van der Waals surface area contributed by atoms with E-state index in [0.29, 0.717) is 28.9 Å². The topological polar surface area (TPSA) is 58.4 Å².